The van der Waals surface area contributed by atoms with Crippen molar-refractivity contribution in [1.29, 1.82) is 0 Å². The van der Waals surface area contributed by atoms with E-state index in [-0.39, 0.29) is 6.04 Å². The molecule has 2 atom stereocenters. The highest BCUT2D eigenvalue weighted by Crippen LogP contribution is 2.23. The van der Waals surface area contributed by atoms with Gasteiger partial charge in [0.05, 0.1) is 18.6 Å². The molecule has 0 aliphatic rings. The van der Waals surface area contributed by atoms with Gasteiger partial charge >= 0.3 is 0 Å². The smallest absolute Gasteiger partial charge is 0.0950 e. The normalized spacial score (nSPS) is 14.9. The maximum absolute atomic E-state index is 5.90. The zero-order valence-electron chi connectivity index (χ0n) is 10.9. The first-order valence-corrected chi connectivity index (χ1v) is 7.06. The minimum atomic E-state index is 0.221. The molecule has 2 rings (SSSR count). The van der Waals surface area contributed by atoms with Crippen molar-refractivity contribution in [1.82, 2.24) is 4.90 Å². The summed E-state index contributed by atoms with van der Waals surface area (Å²) in [5, 5.41) is 2.12. The molecule has 0 bridgehead atoms. The predicted molar refractivity (Wildman–Crippen MR) is 75.8 cm³/mol. The van der Waals surface area contributed by atoms with Crippen molar-refractivity contribution in [3.05, 3.63) is 46.5 Å². The van der Waals surface area contributed by atoms with Gasteiger partial charge in [-0.3, -0.25) is 4.90 Å². The van der Waals surface area contributed by atoms with Gasteiger partial charge in [-0.1, -0.05) is 6.07 Å². The van der Waals surface area contributed by atoms with Crippen molar-refractivity contribution >= 4 is 11.3 Å². The topological polar surface area (TPSA) is 42.4 Å². The lowest BCUT2D eigenvalue weighted by molar-refractivity contribution is 0.188. The van der Waals surface area contributed by atoms with Crippen LogP contribution in [0, 0.1) is 0 Å². The molecule has 2 aromatic heterocycles. The maximum atomic E-state index is 5.90. The minimum absolute atomic E-state index is 0.221. The summed E-state index contributed by atoms with van der Waals surface area (Å²) in [7, 11) is 2.13. The maximum Gasteiger partial charge on any atom is 0.0950 e. The fraction of sp³-hybridized carbons (Fsp3) is 0.429. The van der Waals surface area contributed by atoms with E-state index in [9.17, 15) is 0 Å². The quantitative estimate of drug-likeness (QED) is 0.872. The van der Waals surface area contributed by atoms with Crippen molar-refractivity contribution < 1.29 is 4.42 Å². The Bertz CT molecular complexity index is 438. The van der Waals surface area contributed by atoms with Crippen molar-refractivity contribution in [2.45, 2.75) is 25.4 Å². The lowest BCUT2D eigenvalue weighted by Crippen LogP contribution is -2.37. The average Bonchev–Trinajstić information content (AvgIpc) is 3.02. The van der Waals surface area contributed by atoms with Gasteiger partial charge in [0, 0.05) is 23.0 Å². The van der Waals surface area contributed by atoms with E-state index < -0.39 is 0 Å². The molecule has 4 heteroatoms. The summed E-state index contributed by atoms with van der Waals surface area (Å²) in [6.07, 6.45) is 4.55. The second-order valence-corrected chi connectivity index (χ2v) is 5.64. The van der Waals surface area contributed by atoms with Crippen LogP contribution in [0.1, 0.15) is 23.4 Å². The van der Waals surface area contributed by atoms with E-state index in [0.29, 0.717) is 12.6 Å². The number of rotatable bonds is 6. The number of nitrogens with zero attached hydrogens (tertiary/aromatic N) is 1. The van der Waals surface area contributed by atoms with Gasteiger partial charge in [-0.25, -0.2) is 0 Å². The Morgan fingerprint density at radius 2 is 2.28 bits per heavy atom. The van der Waals surface area contributed by atoms with E-state index in [2.05, 4.69) is 36.4 Å². The van der Waals surface area contributed by atoms with Gasteiger partial charge in [0.15, 0.2) is 0 Å². The summed E-state index contributed by atoms with van der Waals surface area (Å²) in [5.74, 6) is 0. The number of thiophene rings is 1. The minimum Gasteiger partial charge on any atom is -0.472 e. The molecule has 0 aliphatic carbocycles. The molecular formula is C14H20N2OS. The molecule has 0 amide bonds. The van der Waals surface area contributed by atoms with Gasteiger partial charge in [0.1, 0.15) is 0 Å². The summed E-state index contributed by atoms with van der Waals surface area (Å²) in [5.41, 5.74) is 7.05. The molecule has 3 nitrogen and oxygen atoms in total. The van der Waals surface area contributed by atoms with Crippen molar-refractivity contribution in [2.24, 2.45) is 5.73 Å². The fourth-order valence-corrected chi connectivity index (χ4v) is 3.00. The molecule has 0 saturated heterocycles. The van der Waals surface area contributed by atoms with E-state index in [4.69, 9.17) is 10.2 Å². The highest BCUT2D eigenvalue weighted by atomic mass is 32.1. The zero-order chi connectivity index (χ0) is 13.0. The third-order valence-corrected chi connectivity index (χ3v) is 4.31. The second-order valence-electron chi connectivity index (χ2n) is 4.61. The molecule has 18 heavy (non-hydrogen) atoms. The Morgan fingerprint density at radius 3 is 2.83 bits per heavy atom. The highest BCUT2D eigenvalue weighted by molar-refractivity contribution is 7.09. The predicted octanol–water partition coefficient (Wildman–Crippen LogP) is 2.90. The van der Waals surface area contributed by atoms with Gasteiger partial charge in [-0.2, -0.15) is 0 Å². The zero-order valence-corrected chi connectivity index (χ0v) is 11.7. The number of furan rings is 1. The second kappa shape index (κ2) is 6.18. The van der Waals surface area contributed by atoms with Crippen LogP contribution in [0.4, 0.5) is 0 Å². The molecule has 0 fully saturated rings. The van der Waals surface area contributed by atoms with Crippen LogP contribution in [0.25, 0.3) is 0 Å². The first-order valence-electron chi connectivity index (χ1n) is 6.19. The molecule has 2 unspecified atom stereocenters. The molecule has 2 N–H and O–H groups in total. The van der Waals surface area contributed by atoms with Gasteiger partial charge < -0.3 is 10.2 Å². The summed E-state index contributed by atoms with van der Waals surface area (Å²) in [4.78, 5) is 3.74. The fourth-order valence-electron chi connectivity index (χ4n) is 2.17. The number of likely N-dealkylation sites (N-methyl/N-ethyl adjacent to an activating group) is 1. The molecule has 2 heterocycles. The molecule has 98 valence electrons. The van der Waals surface area contributed by atoms with Crippen LogP contribution < -0.4 is 5.73 Å². The number of hydrogen-bond acceptors (Lipinski definition) is 4. The van der Waals surface area contributed by atoms with E-state index in [0.717, 1.165) is 12.0 Å². The van der Waals surface area contributed by atoms with Crippen molar-refractivity contribution in [3.63, 3.8) is 0 Å². The molecule has 2 aromatic rings. The van der Waals surface area contributed by atoms with Crippen LogP contribution in [0.2, 0.25) is 0 Å². The molecule has 0 spiro atoms. The summed E-state index contributed by atoms with van der Waals surface area (Å²) < 4.78 is 5.15. The molecule has 0 radical (unpaired) electrons. The van der Waals surface area contributed by atoms with E-state index in [1.54, 1.807) is 12.5 Å². The first kappa shape index (κ1) is 13.3. The molecular weight excluding hydrogens is 244 g/mol. The highest BCUT2D eigenvalue weighted by Gasteiger charge is 2.21. The third kappa shape index (κ3) is 3.02. The lowest BCUT2D eigenvalue weighted by Gasteiger charge is -2.31. The SMILES string of the molecule is CC(Cc1cccs1)N(C)C(CN)c1ccoc1. The Labute approximate surface area is 112 Å². The summed E-state index contributed by atoms with van der Waals surface area (Å²) in [6.45, 7) is 2.84. The first-order chi connectivity index (χ1) is 8.72. The van der Waals surface area contributed by atoms with Crippen LogP contribution in [0.5, 0.6) is 0 Å². The van der Waals surface area contributed by atoms with Gasteiger partial charge in [0.25, 0.3) is 0 Å². The Balaban J connectivity index is 2.02. The Morgan fingerprint density at radius 1 is 1.44 bits per heavy atom. The largest absolute Gasteiger partial charge is 0.472 e. The van der Waals surface area contributed by atoms with Crippen LogP contribution in [-0.2, 0) is 6.42 Å². The van der Waals surface area contributed by atoms with Crippen LogP contribution >= 0.6 is 11.3 Å². The Hall–Kier alpha value is -1.10. The van der Waals surface area contributed by atoms with Crippen molar-refractivity contribution in [2.75, 3.05) is 13.6 Å². The lowest BCUT2D eigenvalue weighted by atomic mass is 10.1. The van der Waals surface area contributed by atoms with Crippen LogP contribution in [-0.4, -0.2) is 24.5 Å². The third-order valence-electron chi connectivity index (χ3n) is 3.41. The number of hydrogen-bond donors (Lipinski definition) is 1. The van der Waals surface area contributed by atoms with Crippen LogP contribution in [0.15, 0.2) is 40.5 Å². The summed E-state index contributed by atoms with van der Waals surface area (Å²) >= 11 is 1.81. The Kier molecular flexibility index (Phi) is 4.58. The van der Waals surface area contributed by atoms with Crippen molar-refractivity contribution in [3.8, 4) is 0 Å². The van der Waals surface area contributed by atoms with Gasteiger partial charge in [-0.05, 0) is 37.9 Å². The van der Waals surface area contributed by atoms with E-state index >= 15 is 0 Å². The molecule has 0 aliphatic heterocycles. The monoisotopic (exact) mass is 264 g/mol. The standard InChI is InChI=1S/C14H20N2OS/c1-11(8-13-4-3-7-18-13)16(2)14(9-15)12-5-6-17-10-12/h3-7,10-11,14H,8-9,15H2,1-2H3. The van der Waals surface area contributed by atoms with E-state index in [1.807, 2.05) is 17.4 Å². The van der Waals surface area contributed by atoms with Gasteiger partial charge in [-0.15, -0.1) is 11.3 Å². The average molecular weight is 264 g/mol. The van der Waals surface area contributed by atoms with Gasteiger partial charge in [0.2, 0.25) is 0 Å². The molecule has 0 saturated carbocycles. The van der Waals surface area contributed by atoms with E-state index in [1.165, 1.54) is 4.88 Å². The summed E-state index contributed by atoms with van der Waals surface area (Å²) in [6, 6.07) is 6.95. The number of nitrogens with two attached hydrogens (primary N) is 1. The van der Waals surface area contributed by atoms with Crippen LogP contribution in [0.3, 0.4) is 0 Å². The molecule has 0 aromatic carbocycles.